The Labute approximate surface area is 227 Å². The van der Waals surface area contributed by atoms with E-state index >= 15 is 0 Å². The van der Waals surface area contributed by atoms with Crippen LogP contribution in [0.4, 0.5) is 0 Å². The van der Waals surface area contributed by atoms with Gasteiger partial charge in [-0.1, -0.05) is 95.9 Å². The molecule has 5 rings (SSSR count). The molecule has 0 heterocycles. The lowest BCUT2D eigenvalue weighted by molar-refractivity contribution is -0.150. The van der Waals surface area contributed by atoms with Crippen LogP contribution in [-0.4, -0.2) is 12.1 Å². The van der Waals surface area contributed by atoms with Crippen LogP contribution in [0, 0.1) is 46.3 Å². The second-order valence-electron chi connectivity index (χ2n) is 14.3. The van der Waals surface area contributed by atoms with E-state index in [4.69, 9.17) is 4.74 Å². The van der Waals surface area contributed by atoms with Crippen molar-refractivity contribution in [2.24, 2.45) is 46.3 Å². The lowest BCUT2D eigenvalue weighted by Gasteiger charge is -2.58. The highest BCUT2D eigenvalue weighted by Crippen LogP contribution is 2.67. The third kappa shape index (κ3) is 5.33. The fraction of sp³-hybridized carbons (Fsp3) is 0.743. The van der Waals surface area contributed by atoms with Crippen LogP contribution in [0.2, 0.25) is 0 Å². The molecule has 0 aliphatic heterocycles. The van der Waals surface area contributed by atoms with Crippen LogP contribution in [0.3, 0.4) is 0 Å². The minimum Gasteiger partial charge on any atom is -0.462 e. The lowest BCUT2D eigenvalue weighted by Crippen LogP contribution is -2.51. The summed E-state index contributed by atoms with van der Waals surface area (Å²) in [6.45, 7) is 12.6. The van der Waals surface area contributed by atoms with Gasteiger partial charge in [0, 0.05) is 6.42 Å². The van der Waals surface area contributed by atoms with Crippen LogP contribution in [0.25, 0.3) is 0 Å². The molecular formula is C35H52O2. The molecule has 0 unspecified atom stereocenters. The molecule has 2 heteroatoms. The quantitative estimate of drug-likeness (QED) is 0.260. The molecule has 1 aromatic carbocycles. The molecule has 0 amide bonds. The standard InChI is InChI=1S/C35H52O2/c1-24(2)10-9-11-25(3)30-16-17-31-29-15-14-27-23-28(37-33(36)22-26-12-7-6-8-13-26)18-20-34(27,4)32(29)19-21-35(30,31)5/h6-8,12-14,24-25,28-32H,9-11,15-23H2,1-5H3/t25-,28-,29-,30+,31-,32-,34-,35+/m0/s1. The Morgan fingerprint density at radius 2 is 1.76 bits per heavy atom. The zero-order valence-electron chi connectivity index (χ0n) is 24.3. The van der Waals surface area contributed by atoms with Crippen molar-refractivity contribution in [1.82, 2.24) is 0 Å². The van der Waals surface area contributed by atoms with Gasteiger partial charge in [0.15, 0.2) is 0 Å². The highest BCUT2D eigenvalue weighted by molar-refractivity contribution is 5.72. The largest absolute Gasteiger partial charge is 0.462 e. The average Bonchev–Trinajstić information content (AvgIpc) is 3.22. The number of carbonyl (C=O) groups is 1. The maximum Gasteiger partial charge on any atom is 0.310 e. The first-order valence-electron chi connectivity index (χ1n) is 15.6. The molecule has 8 atom stereocenters. The third-order valence-electron chi connectivity index (χ3n) is 11.7. The zero-order valence-corrected chi connectivity index (χ0v) is 24.3. The van der Waals surface area contributed by atoms with Gasteiger partial charge in [0.05, 0.1) is 6.42 Å². The number of hydrogen-bond acceptors (Lipinski definition) is 2. The third-order valence-corrected chi connectivity index (χ3v) is 11.7. The molecule has 0 aromatic heterocycles. The number of benzene rings is 1. The highest BCUT2D eigenvalue weighted by atomic mass is 16.5. The number of allylic oxidation sites excluding steroid dienone is 1. The molecule has 0 radical (unpaired) electrons. The summed E-state index contributed by atoms with van der Waals surface area (Å²) in [5.74, 6) is 5.14. The van der Waals surface area contributed by atoms with Crippen molar-refractivity contribution in [1.29, 1.82) is 0 Å². The van der Waals surface area contributed by atoms with Gasteiger partial charge >= 0.3 is 5.97 Å². The highest BCUT2D eigenvalue weighted by Gasteiger charge is 2.59. The number of hydrogen-bond donors (Lipinski definition) is 0. The Morgan fingerprint density at radius 1 is 0.973 bits per heavy atom. The van der Waals surface area contributed by atoms with E-state index in [1.807, 2.05) is 30.3 Å². The smallest absolute Gasteiger partial charge is 0.310 e. The molecule has 37 heavy (non-hydrogen) atoms. The Morgan fingerprint density at radius 3 is 2.51 bits per heavy atom. The van der Waals surface area contributed by atoms with E-state index in [0.717, 1.165) is 53.9 Å². The Bertz CT molecular complexity index is 963. The minimum absolute atomic E-state index is 0.0588. The van der Waals surface area contributed by atoms with Crippen LogP contribution in [0.1, 0.15) is 111 Å². The number of ether oxygens (including phenoxy) is 1. The zero-order chi connectivity index (χ0) is 26.2. The van der Waals surface area contributed by atoms with Gasteiger partial charge in [-0.3, -0.25) is 4.79 Å². The first kappa shape index (κ1) is 27.0. The Balaban J connectivity index is 1.22. The van der Waals surface area contributed by atoms with Crippen molar-refractivity contribution in [2.45, 2.75) is 118 Å². The summed E-state index contributed by atoms with van der Waals surface area (Å²) in [7, 11) is 0. The van der Waals surface area contributed by atoms with Gasteiger partial charge in [0.1, 0.15) is 6.10 Å². The predicted molar refractivity (Wildman–Crippen MR) is 153 cm³/mol. The van der Waals surface area contributed by atoms with Crippen molar-refractivity contribution in [3.05, 3.63) is 47.5 Å². The van der Waals surface area contributed by atoms with E-state index < -0.39 is 0 Å². The van der Waals surface area contributed by atoms with Gasteiger partial charge in [0.2, 0.25) is 0 Å². The van der Waals surface area contributed by atoms with Gasteiger partial charge in [-0.05, 0) is 96.8 Å². The number of carbonyl (C=O) groups excluding carboxylic acids is 1. The van der Waals surface area contributed by atoms with Gasteiger partial charge in [0.25, 0.3) is 0 Å². The van der Waals surface area contributed by atoms with Crippen molar-refractivity contribution < 1.29 is 9.53 Å². The van der Waals surface area contributed by atoms with Crippen LogP contribution in [0.15, 0.2) is 42.0 Å². The van der Waals surface area contributed by atoms with E-state index in [0.29, 0.717) is 17.3 Å². The first-order chi connectivity index (χ1) is 17.7. The molecule has 1 aromatic rings. The lowest BCUT2D eigenvalue weighted by atomic mass is 9.47. The second-order valence-corrected chi connectivity index (χ2v) is 14.3. The molecule has 4 aliphatic rings. The summed E-state index contributed by atoms with van der Waals surface area (Å²) in [5, 5.41) is 0. The number of fused-ring (bicyclic) bond motifs is 5. The summed E-state index contributed by atoms with van der Waals surface area (Å²) >= 11 is 0. The van der Waals surface area contributed by atoms with Crippen molar-refractivity contribution in [3.63, 3.8) is 0 Å². The molecule has 3 fully saturated rings. The fourth-order valence-electron chi connectivity index (χ4n) is 9.74. The molecule has 2 nitrogen and oxygen atoms in total. The van der Waals surface area contributed by atoms with Gasteiger partial charge < -0.3 is 4.74 Å². The van der Waals surface area contributed by atoms with Crippen molar-refractivity contribution in [2.75, 3.05) is 0 Å². The first-order valence-corrected chi connectivity index (χ1v) is 15.6. The molecule has 4 aliphatic carbocycles. The SMILES string of the molecule is CC(C)CCC[C@H](C)[C@H]1CC[C@H]2[C@@H]3CC=C4C[C@@H](OC(=O)Cc5ccccc5)CC[C@]4(C)[C@H]3CC[C@]12C. The maximum absolute atomic E-state index is 12.7. The van der Waals surface area contributed by atoms with Gasteiger partial charge in [-0.25, -0.2) is 0 Å². The van der Waals surface area contributed by atoms with Crippen molar-refractivity contribution in [3.8, 4) is 0 Å². The summed E-state index contributed by atoms with van der Waals surface area (Å²) in [6, 6.07) is 10.0. The van der Waals surface area contributed by atoms with E-state index in [9.17, 15) is 4.79 Å². The monoisotopic (exact) mass is 504 g/mol. The predicted octanol–water partition coefficient (Wildman–Crippen LogP) is 9.18. The van der Waals surface area contributed by atoms with E-state index in [-0.39, 0.29) is 12.1 Å². The molecular weight excluding hydrogens is 452 g/mol. The Hall–Kier alpha value is -1.57. The molecule has 0 bridgehead atoms. The molecule has 204 valence electrons. The normalized spacial score (nSPS) is 37.8. The topological polar surface area (TPSA) is 26.3 Å². The van der Waals surface area contributed by atoms with Crippen LogP contribution in [-0.2, 0) is 16.0 Å². The van der Waals surface area contributed by atoms with Crippen molar-refractivity contribution >= 4 is 5.97 Å². The summed E-state index contributed by atoms with van der Waals surface area (Å²) in [5.41, 5.74) is 3.51. The maximum atomic E-state index is 12.7. The Kier molecular flexibility index (Phi) is 7.95. The fourth-order valence-corrected chi connectivity index (χ4v) is 9.74. The minimum atomic E-state index is -0.0676. The van der Waals surface area contributed by atoms with Gasteiger partial charge in [-0.15, -0.1) is 0 Å². The van der Waals surface area contributed by atoms with E-state index in [1.54, 1.807) is 5.57 Å². The molecule has 3 saturated carbocycles. The molecule has 0 N–H and O–H groups in total. The van der Waals surface area contributed by atoms with E-state index in [2.05, 4.69) is 40.7 Å². The molecule has 0 saturated heterocycles. The second kappa shape index (κ2) is 10.9. The average molecular weight is 505 g/mol. The summed E-state index contributed by atoms with van der Waals surface area (Å²) in [6.07, 6.45) is 17.4. The van der Waals surface area contributed by atoms with Gasteiger partial charge in [-0.2, -0.15) is 0 Å². The van der Waals surface area contributed by atoms with Crippen LogP contribution >= 0.6 is 0 Å². The number of rotatable bonds is 8. The number of esters is 1. The molecule has 0 spiro atoms. The van der Waals surface area contributed by atoms with Crippen LogP contribution < -0.4 is 0 Å². The summed E-state index contributed by atoms with van der Waals surface area (Å²) < 4.78 is 6.02. The van der Waals surface area contributed by atoms with E-state index in [1.165, 1.54) is 57.8 Å². The van der Waals surface area contributed by atoms with Crippen LogP contribution in [0.5, 0.6) is 0 Å². The summed E-state index contributed by atoms with van der Waals surface area (Å²) in [4.78, 5) is 12.7.